The maximum Gasteiger partial charge on any atom is 0.122 e. The van der Waals surface area contributed by atoms with Crippen LogP contribution in [0.5, 0.6) is 11.5 Å². The van der Waals surface area contributed by atoms with Crippen molar-refractivity contribution in [2.45, 2.75) is 24.9 Å². The van der Waals surface area contributed by atoms with Gasteiger partial charge in [0.2, 0.25) is 0 Å². The smallest absolute Gasteiger partial charge is 0.122 e. The van der Waals surface area contributed by atoms with E-state index in [1.54, 1.807) is 0 Å². The lowest BCUT2D eigenvalue weighted by atomic mass is 10.1. The van der Waals surface area contributed by atoms with E-state index < -0.39 is 0 Å². The summed E-state index contributed by atoms with van der Waals surface area (Å²) >= 11 is 4.09. The van der Waals surface area contributed by atoms with Crippen LogP contribution in [0.25, 0.3) is 0 Å². The third-order valence-corrected chi connectivity index (χ3v) is 6.93. The highest BCUT2D eigenvalue weighted by Gasteiger charge is 2.16. The van der Waals surface area contributed by atoms with Gasteiger partial charge in [-0.25, -0.2) is 0 Å². The monoisotopic (exact) mass is 360 g/mol. The summed E-state index contributed by atoms with van der Waals surface area (Å²) in [6.07, 6.45) is 1.33. The van der Waals surface area contributed by atoms with Crippen molar-refractivity contribution in [3.8, 4) is 11.5 Å². The standard InChI is InChI=1S/C20H24O2S2/c1-15-4-9-19(16(2)14-15)22-11-10-21-18-7-5-17(6-8-18)20-23-12-3-13-24-20/h4-9,14,20H,3,10-13H2,1-2H3. The van der Waals surface area contributed by atoms with E-state index in [0.29, 0.717) is 17.8 Å². The van der Waals surface area contributed by atoms with Crippen molar-refractivity contribution in [1.29, 1.82) is 0 Å². The number of ether oxygens (including phenoxy) is 2. The summed E-state index contributed by atoms with van der Waals surface area (Å²) < 4.78 is 12.2. The summed E-state index contributed by atoms with van der Waals surface area (Å²) in [4.78, 5) is 0. The molecular weight excluding hydrogens is 336 g/mol. The Morgan fingerprint density at radius 2 is 1.62 bits per heavy atom. The first-order chi connectivity index (χ1) is 11.7. The largest absolute Gasteiger partial charge is 0.490 e. The van der Waals surface area contributed by atoms with Crippen molar-refractivity contribution in [3.63, 3.8) is 0 Å². The first-order valence-corrected chi connectivity index (χ1v) is 10.5. The molecule has 0 saturated carbocycles. The Labute approximate surface area is 153 Å². The highest BCUT2D eigenvalue weighted by atomic mass is 32.2. The van der Waals surface area contributed by atoms with E-state index in [1.165, 1.54) is 34.6 Å². The predicted molar refractivity (Wildman–Crippen MR) is 106 cm³/mol. The van der Waals surface area contributed by atoms with Crippen LogP contribution in [0, 0.1) is 13.8 Å². The van der Waals surface area contributed by atoms with Crippen LogP contribution < -0.4 is 9.47 Å². The first kappa shape index (κ1) is 17.6. The quantitative estimate of drug-likeness (QED) is 0.621. The molecule has 24 heavy (non-hydrogen) atoms. The van der Waals surface area contributed by atoms with Crippen LogP contribution in [0.2, 0.25) is 0 Å². The Morgan fingerprint density at radius 1 is 0.917 bits per heavy atom. The van der Waals surface area contributed by atoms with Gasteiger partial charge in [0.05, 0.1) is 4.58 Å². The second-order valence-corrected chi connectivity index (χ2v) is 8.69. The minimum atomic E-state index is 0.555. The van der Waals surface area contributed by atoms with E-state index in [0.717, 1.165) is 11.5 Å². The molecule has 0 unspecified atom stereocenters. The van der Waals surface area contributed by atoms with Crippen LogP contribution in [0.3, 0.4) is 0 Å². The van der Waals surface area contributed by atoms with Gasteiger partial charge in [0.25, 0.3) is 0 Å². The summed E-state index contributed by atoms with van der Waals surface area (Å²) in [5.74, 6) is 4.39. The second-order valence-electron chi connectivity index (χ2n) is 5.96. The first-order valence-electron chi connectivity index (χ1n) is 8.38. The fraction of sp³-hybridized carbons (Fsp3) is 0.400. The Morgan fingerprint density at radius 3 is 2.33 bits per heavy atom. The highest BCUT2D eigenvalue weighted by molar-refractivity contribution is 8.16. The van der Waals surface area contributed by atoms with Gasteiger partial charge in [-0.1, -0.05) is 29.8 Å². The topological polar surface area (TPSA) is 18.5 Å². The molecule has 0 amide bonds. The molecule has 0 aliphatic carbocycles. The number of aryl methyl sites for hydroxylation is 2. The Balaban J connectivity index is 1.44. The van der Waals surface area contributed by atoms with Crippen LogP contribution in [-0.2, 0) is 0 Å². The molecule has 3 rings (SSSR count). The van der Waals surface area contributed by atoms with E-state index in [9.17, 15) is 0 Å². The molecule has 0 N–H and O–H groups in total. The van der Waals surface area contributed by atoms with Crippen molar-refractivity contribution < 1.29 is 9.47 Å². The lowest BCUT2D eigenvalue weighted by Gasteiger charge is -2.21. The van der Waals surface area contributed by atoms with E-state index in [-0.39, 0.29) is 0 Å². The molecule has 1 aliphatic heterocycles. The van der Waals surface area contributed by atoms with Crippen LogP contribution in [0.1, 0.15) is 27.7 Å². The third-order valence-electron chi connectivity index (χ3n) is 3.92. The van der Waals surface area contributed by atoms with Gasteiger partial charge >= 0.3 is 0 Å². The van der Waals surface area contributed by atoms with E-state index in [2.05, 4.69) is 50.2 Å². The van der Waals surface area contributed by atoms with Gasteiger partial charge in [0.1, 0.15) is 24.7 Å². The summed E-state index contributed by atoms with van der Waals surface area (Å²) in [5.41, 5.74) is 3.82. The van der Waals surface area contributed by atoms with Gasteiger partial charge < -0.3 is 9.47 Å². The van der Waals surface area contributed by atoms with Gasteiger partial charge in [0.15, 0.2) is 0 Å². The van der Waals surface area contributed by atoms with Crippen LogP contribution in [-0.4, -0.2) is 24.7 Å². The maximum atomic E-state index is 5.80. The minimum Gasteiger partial charge on any atom is -0.490 e. The zero-order valence-electron chi connectivity index (χ0n) is 14.3. The highest BCUT2D eigenvalue weighted by Crippen LogP contribution is 2.43. The number of thioether (sulfide) groups is 2. The summed E-state index contributed by atoms with van der Waals surface area (Å²) in [6.45, 7) is 5.27. The molecule has 0 spiro atoms. The zero-order chi connectivity index (χ0) is 16.8. The summed E-state index contributed by atoms with van der Waals surface area (Å²) in [6, 6.07) is 14.8. The van der Waals surface area contributed by atoms with Crippen LogP contribution in [0.4, 0.5) is 0 Å². The van der Waals surface area contributed by atoms with E-state index in [4.69, 9.17) is 9.47 Å². The van der Waals surface area contributed by atoms with Gasteiger partial charge in [0, 0.05) is 0 Å². The second kappa shape index (κ2) is 8.72. The molecule has 0 bridgehead atoms. The third kappa shape index (κ3) is 4.87. The summed E-state index contributed by atoms with van der Waals surface area (Å²) in [7, 11) is 0. The van der Waals surface area contributed by atoms with Crippen molar-refractivity contribution in [2.75, 3.05) is 24.7 Å². The number of hydrogen-bond donors (Lipinski definition) is 0. The average Bonchev–Trinajstić information content (AvgIpc) is 2.61. The Hall–Kier alpha value is -1.26. The van der Waals surface area contributed by atoms with E-state index >= 15 is 0 Å². The fourth-order valence-corrected chi connectivity index (χ4v) is 5.57. The maximum absolute atomic E-state index is 5.80. The zero-order valence-corrected chi connectivity index (χ0v) is 15.9. The predicted octanol–water partition coefficient (Wildman–Crippen LogP) is 5.63. The molecule has 0 atom stereocenters. The molecule has 0 radical (unpaired) electrons. The Kier molecular flexibility index (Phi) is 6.38. The molecule has 2 nitrogen and oxygen atoms in total. The number of rotatable bonds is 6. The number of benzene rings is 2. The Bertz CT molecular complexity index is 649. The lowest BCUT2D eigenvalue weighted by Crippen LogP contribution is -2.09. The van der Waals surface area contributed by atoms with Crippen molar-refractivity contribution in [2.24, 2.45) is 0 Å². The molecule has 4 heteroatoms. The normalized spacial score (nSPS) is 15.2. The summed E-state index contributed by atoms with van der Waals surface area (Å²) in [5, 5.41) is 0. The van der Waals surface area contributed by atoms with Gasteiger partial charge in [-0.15, -0.1) is 23.5 Å². The van der Waals surface area contributed by atoms with Crippen molar-refractivity contribution in [3.05, 3.63) is 59.2 Å². The molecule has 2 aromatic carbocycles. The van der Waals surface area contributed by atoms with Crippen LogP contribution in [0.15, 0.2) is 42.5 Å². The van der Waals surface area contributed by atoms with Gasteiger partial charge in [-0.3, -0.25) is 0 Å². The average molecular weight is 361 g/mol. The lowest BCUT2D eigenvalue weighted by molar-refractivity contribution is 0.216. The molecule has 1 heterocycles. The van der Waals surface area contributed by atoms with Gasteiger partial charge in [-0.05, 0) is 61.1 Å². The van der Waals surface area contributed by atoms with Crippen molar-refractivity contribution in [1.82, 2.24) is 0 Å². The molecule has 128 valence electrons. The fourth-order valence-electron chi connectivity index (χ4n) is 2.67. The van der Waals surface area contributed by atoms with Crippen molar-refractivity contribution >= 4 is 23.5 Å². The number of hydrogen-bond acceptors (Lipinski definition) is 4. The minimum absolute atomic E-state index is 0.555. The molecular formula is C20H24O2S2. The molecule has 2 aromatic rings. The van der Waals surface area contributed by atoms with Gasteiger partial charge in [-0.2, -0.15) is 0 Å². The molecule has 1 fully saturated rings. The molecule has 1 saturated heterocycles. The molecule has 0 aromatic heterocycles. The van der Waals surface area contributed by atoms with E-state index in [1.807, 2.05) is 29.6 Å². The van der Waals surface area contributed by atoms with Crippen LogP contribution >= 0.6 is 23.5 Å². The molecule has 1 aliphatic rings. The SMILES string of the molecule is Cc1ccc(OCCOc2ccc(C3SCCCS3)cc2)c(C)c1.